The van der Waals surface area contributed by atoms with Crippen molar-refractivity contribution >= 4 is 16.6 Å². The van der Waals surface area contributed by atoms with Crippen LogP contribution >= 0.6 is 0 Å². The second kappa shape index (κ2) is 10.6. The van der Waals surface area contributed by atoms with Crippen molar-refractivity contribution in [3.63, 3.8) is 0 Å². The van der Waals surface area contributed by atoms with Crippen molar-refractivity contribution in [1.29, 1.82) is 0 Å². The highest BCUT2D eigenvalue weighted by atomic mass is 28.4. The summed E-state index contributed by atoms with van der Waals surface area (Å²) in [6.45, 7) is 27.2. The van der Waals surface area contributed by atoms with Crippen LogP contribution in [0.3, 0.4) is 0 Å². The monoisotopic (exact) mass is 548 g/mol. The van der Waals surface area contributed by atoms with Crippen LogP contribution < -0.4 is 0 Å². The molecule has 4 aliphatic rings. The molecule has 4 aliphatic carbocycles. The summed E-state index contributed by atoms with van der Waals surface area (Å²) in [5, 5.41) is 0. The fourth-order valence-corrected chi connectivity index (χ4v) is 13.4. The molecule has 0 radical (unpaired) electrons. The Morgan fingerprint density at radius 2 is 1.46 bits per heavy atom. The first-order valence-electron chi connectivity index (χ1n) is 16.4. The largest absolute Gasteiger partial charge is 0.415 e. The zero-order chi connectivity index (χ0) is 27.4. The third kappa shape index (κ3) is 6.03. The zero-order valence-electron chi connectivity index (χ0n) is 26.8. The summed E-state index contributed by atoms with van der Waals surface area (Å²) in [4.78, 5) is 0. The van der Waals surface area contributed by atoms with Crippen molar-refractivity contribution in [2.24, 2.45) is 46.3 Å². The lowest BCUT2D eigenvalue weighted by molar-refractivity contribution is -0.209. The van der Waals surface area contributed by atoms with Gasteiger partial charge in [0.2, 0.25) is 0 Å². The molecule has 216 valence electrons. The molecule has 9 atom stereocenters. The molecule has 2 nitrogen and oxygen atoms in total. The maximum absolute atomic E-state index is 7.40. The van der Waals surface area contributed by atoms with Gasteiger partial charge in [0.1, 0.15) is 0 Å². The van der Waals surface area contributed by atoms with E-state index in [9.17, 15) is 0 Å². The summed E-state index contributed by atoms with van der Waals surface area (Å²) in [7, 11) is -3.24. The average Bonchev–Trinajstić information content (AvgIpc) is 3.09. The van der Waals surface area contributed by atoms with E-state index in [0.29, 0.717) is 16.9 Å². The summed E-state index contributed by atoms with van der Waals surface area (Å²) in [6, 6.07) is 0. The molecule has 37 heavy (non-hydrogen) atoms. The Balaban J connectivity index is 1.55. The fraction of sp³-hybridized carbons (Fsp3) is 1.00. The average molecular weight is 549 g/mol. The molecular weight excluding hydrogens is 485 g/mol. The van der Waals surface area contributed by atoms with Gasteiger partial charge in [-0.1, -0.05) is 53.9 Å². The lowest BCUT2D eigenvalue weighted by Gasteiger charge is -2.67. The lowest BCUT2D eigenvalue weighted by atomic mass is 9.43. The van der Waals surface area contributed by atoms with E-state index in [-0.39, 0.29) is 5.60 Å². The molecule has 0 heterocycles. The van der Waals surface area contributed by atoms with Crippen LogP contribution in [0.5, 0.6) is 0 Å². The summed E-state index contributed by atoms with van der Waals surface area (Å²) >= 11 is 0. The van der Waals surface area contributed by atoms with E-state index >= 15 is 0 Å². The van der Waals surface area contributed by atoms with E-state index in [4.69, 9.17) is 8.85 Å². The van der Waals surface area contributed by atoms with Gasteiger partial charge in [-0.3, -0.25) is 0 Å². The molecule has 4 fully saturated rings. The van der Waals surface area contributed by atoms with Crippen LogP contribution in [0.4, 0.5) is 0 Å². The first-order chi connectivity index (χ1) is 17.0. The quantitative estimate of drug-likeness (QED) is 0.267. The van der Waals surface area contributed by atoms with E-state index in [0.717, 1.165) is 41.9 Å². The Hall–Kier alpha value is 0.354. The van der Waals surface area contributed by atoms with Crippen molar-refractivity contribution in [3.05, 3.63) is 0 Å². The van der Waals surface area contributed by atoms with E-state index in [2.05, 4.69) is 73.9 Å². The number of hydrogen-bond donors (Lipinski definition) is 0. The molecular formula is C33H64O2Si2. The number of fused-ring (bicyclic) bond motifs is 5. The number of hydrogen-bond acceptors (Lipinski definition) is 2. The van der Waals surface area contributed by atoms with Crippen LogP contribution in [0, 0.1) is 46.3 Å². The molecule has 0 amide bonds. The smallest absolute Gasteiger partial charge is 0.184 e. The molecule has 0 N–H and O–H groups in total. The normalized spacial score (nSPS) is 43.3. The number of rotatable bonds is 9. The van der Waals surface area contributed by atoms with Gasteiger partial charge >= 0.3 is 0 Å². The highest BCUT2D eigenvalue weighted by Gasteiger charge is 2.66. The van der Waals surface area contributed by atoms with Crippen LogP contribution in [-0.4, -0.2) is 28.3 Å². The molecule has 0 spiro atoms. The Bertz CT molecular complexity index is 784. The standard InChI is InChI=1S/C33H64O2Si2/c1-24(2)13-12-14-25(3)28-15-16-29-27-18-22-33(35-37(9,10)11)23-26(34-36(6,7)8)17-21-32(33,5)30(27)19-20-31(28,29)4/h24-30H,12-23H2,1-11H3. The Labute approximate surface area is 234 Å². The highest BCUT2D eigenvalue weighted by Crippen LogP contribution is 2.70. The maximum Gasteiger partial charge on any atom is 0.184 e. The second-order valence-electron chi connectivity index (χ2n) is 17.2. The molecule has 4 saturated carbocycles. The molecule has 0 saturated heterocycles. The summed E-state index contributed by atoms with van der Waals surface area (Å²) in [5.41, 5.74) is 0.932. The molecule has 9 unspecified atom stereocenters. The van der Waals surface area contributed by atoms with Gasteiger partial charge in [0.15, 0.2) is 16.6 Å². The van der Waals surface area contributed by atoms with E-state index < -0.39 is 16.6 Å². The minimum atomic E-state index is -1.69. The fourth-order valence-electron chi connectivity index (χ4n) is 10.6. The van der Waals surface area contributed by atoms with Crippen molar-refractivity contribution in [2.75, 3.05) is 0 Å². The minimum absolute atomic E-state index is 0.0388. The third-order valence-electron chi connectivity index (χ3n) is 11.9. The second-order valence-corrected chi connectivity index (χ2v) is 26.1. The van der Waals surface area contributed by atoms with E-state index in [1.54, 1.807) is 0 Å². The SMILES string of the molecule is CC(C)CCCC(C)C1CCC2C3CCC4(O[Si](C)(C)C)CC(O[Si](C)(C)C)CCC4(C)C3CCC12C. The summed E-state index contributed by atoms with van der Waals surface area (Å²) < 4.78 is 14.2. The molecule has 0 aliphatic heterocycles. The molecule has 0 aromatic carbocycles. The van der Waals surface area contributed by atoms with Gasteiger partial charge in [0, 0.05) is 12.5 Å². The van der Waals surface area contributed by atoms with Gasteiger partial charge in [-0.15, -0.1) is 0 Å². The van der Waals surface area contributed by atoms with Gasteiger partial charge in [-0.2, -0.15) is 0 Å². The Morgan fingerprint density at radius 3 is 2.08 bits per heavy atom. The van der Waals surface area contributed by atoms with Crippen molar-refractivity contribution in [2.45, 2.75) is 163 Å². The molecule has 0 bridgehead atoms. The van der Waals surface area contributed by atoms with Gasteiger partial charge in [-0.25, -0.2) is 0 Å². The first kappa shape index (κ1) is 30.3. The summed E-state index contributed by atoms with van der Waals surface area (Å²) in [6.07, 6.45) is 17.0. The molecule has 4 heteroatoms. The van der Waals surface area contributed by atoms with Gasteiger partial charge in [0.25, 0.3) is 0 Å². The predicted molar refractivity (Wildman–Crippen MR) is 165 cm³/mol. The van der Waals surface area contributed by atoms with Crippen LogP contribution in [-0.2, 0) is 8.85 Å². The van der Waals surface area contributed by atoms with Gasteiger partial charge < -0.3 is 8.85 Å². The highest BCUT2D eigenvalue weighted by molar-refractivity contribution is 6.70. The predicted octanol–water partition coefficient (Wildman–Crippen LogP) is 10.3. The van der Waals surface area contributed by atoms with Gasteiger partial charge in [-0.05, 0) is 137 Å². The van der Waals surface area contributed by atoms with E-state index in [1.807, 2.05) is 0 Å². The third-order valence-corrected chi connectivity index (χ3v) is 14.0. The molecule has 0 aromatic heterocycles. The van der Waals surface area contributed by atoms with Crippen molar-refractivity contribution in [1.82, 2.24) is 0 Å². The van der Waals surface area contributed by atoms with Crippen molar-refractivity contribution < 1.29 is 8.85 Å². The maximum atomic E-state index is 7.40. The first-order valence-corrected chi connectivity index (χ1v) is 23.2. The van der Waals surface area contributed by atoms with Crippen LogP contribution in [0.2, 0.25) is 39.3 Å². The molecule has 4 rings (SSSR count). The van der Waals surface area contributed by atoms with Gasteiger partial charge in [0.05, 0.1) is 5.60 Å². The van der Waals surface area contributed by atoms with E-state index in [1.165, 1.54) is 70.6 Å². The molecule has 0 aromatic rings. The minimum Gasteiger partial charge on any atom is -0.415 e. The van der Waals surface area contributed by atoms with Crippen LogP contribution in [0.15, 0.2) is 0 Å². The topological polar surface area (TPSA) is 18.5 Å². The van der Waals surface area contributed by atoms with Crippen LogP contribution in [0.1, 0.15) is 112 Å². The van der Waals surface area contributed by atoms with Crippen LogP contribution in [0.25, 0.3) is 0 Å². The lowest BCUT2D eigenvalue weighted by Crippen LogP contribution is -2.66. The zero-order valence-corrected chi connectivity index (χ0v) is 28.8. The summed E-state index contributed by atoms with van der Waals surface area (Å²) in [5.74, 6) is 5.41. The van der Waals surface area contributed by atoms with Crippen molar-refractivity contribution in [3.8, 4) is 0 Å². The Morgan fingerprint density at radius 1 is 0.757 bits per heavy atom. The Kier molecular flexibility index (Phi) is 8.72.